The third kappa shape index (κ3) is 5.73. The SMILES string of the molecule is CCNc1ccc2c(c1)C(OCCc1ccccc1)C(OCc1ccc(F)cc1)C(C)(C)O2. The summed E-state index contributed by atoms with van der Waals surface area (Å²) in [7, 11) is 0. The monoisotopic (exact) mass is 449 g/mol. The normalized spacial score (nSPS) is 18.9. The lowest BCUT2D eigenvalue weighted by Gasteiger charge is -2.44. The molecular formula is C28H32FNO3. The number of hydrogen-bond donors (Lipinski definition) is 1. The van der Waals surface area contributed by atoms with E-state index >= 15 is 0 Å². The van der Waals surface area contributed by atoms with Crippen molar-refractivity contribution in [1.82, 2.24) is 0 Å². The molecular weight excluding hydrogens is 417 g/mol. The van der Waals surface area contributed by atoms with Gasteiger partial charge in [0.2, 0.25) is 0 Å². The zero-order valence-corrected chi connectivity index (χ0v) is 19.5. The molecule has 0 saturated carbocycles. The maximum Gasteiger partial charge on any atom is 0.132 e. The van der Waals surface area contributed by atoms with Crippen molar-refractivity contribution in [3.05, 3.63) is 95.3 Å². The number of nitrogens with one attached hydrogen (secondary N) is 1. The Morgan fingerprint density at radius 2 is 1.70 bits per heavy atom. The second-order valence-electron chi connectivity index (χ2n) is 8.87. The van der Waals surface area contributed by atoms with E-state index in [0.29, 0.717) is 13.2 Å². The first-order valence-corrected chi connectivity index (χ1v) is 11.5. The van der Waals surface area contributed by atoms with Gasteiger partial charge in [0.15, 0.2) is 0 Å². The molecule has 3 aromatic carbocycles. The van der Waals surface area contributed by atoms with Crippen LogP contribution in [0.15, 0.2) is 72.8 Å². The Bertz CT molecular complexity index is 1040. The number of anilines is 1. The predicted molar refractivity (Wildman–Crippen MR) is 129 cm³/mol. The third-order valence-corrected chi connectivity index (χ3v) is 5.90. The van der Waals surface area contributed by atoms with Gasteiger partial charge < -0.3 is 19.5 Å². The molecule has 1 aliphatic heterocycles. The highest BCUT2D eigenvalue weighted by atomic mass is 19.1. The maximum atomic E-state index is 13.3. The molecule has 3 aromatic rings. The van der Waals surface area contributed by atoms with Crippen molar-refractivity contribution in [2.75, 3.05) is 18.5 Å². The summed E-state index contributed by atoms with van der Waals surface area (Å²) < 4.78 is 32.6. The number of rotatable bonds is 9. The Morgan fingerprint density at radius 3 is 2.42 bits per heavy atom. The molecule has 1 aliphatic rings. The van der Waals surface area contributed by atoms with E-state index in [1.165, 1.54) is 17.7 Å². The number of halogens is 1. The molecule has 4 rings (SSSR count). The minimum atomic E-state index is -0.607. The molecule has 0 aliphatic carbocycles. The second-order valence-corrected chi connectivity index (χ2v) is 8.87. The van der Waals surface area contributed by atoms with Gasteiger partial charge in [0.05, 0.1) is 13.2 Å². The van der Waals surface area contributed by atoms with Crippen LogP contribution in [-0.2, 0) is 22.5 Å². The van der Waals surface area contributed by atoms with Crippen LogP contribution in [0.4, 0.5) is 10.1 Å². The van der Waals surface area contributed by atoms with Gasteiger partial charge in [-0.15, -0.1) is 0 Å². The Kier molecular flexibility index (Phi) is 7.31. The molecule has 0 bridgehead atoms. The van der Waals surface area contributed by atoms with Crippen LogP contribution in [0.2, 0.25) is 0 Å². The lowest BCUT2D eigenvalue weighted by atomic mass is 9.87. The van der Waals surface area contributed by atoms with Crippen molar-refractivity contribution < 1.29 is 18.6 Å². The van der Waals surface area contributed by atoms with Gasteiger partial charge in [0, 0.05) is 17.8 Å². The molecule has 0 aromatic heterocycles. The van der Waals surface area contributed by atoms with Crippen LogP contribution in [0.3, 0.4) is 0 Å². The van der Waals surface area contributed by atoms with Crippen LogP contribution in [-0.4, -0.2) is 24.9 Å². The molecule has 0 spiro atoms. The molecule has 0 radical (unpaired) electrons. The molecule has 174 valence electrons. The summed E-state index contributed by atoms with van der Waals surface area (Å²) in [5.74, 6) is 0.556. The summed E-state index contributed by atoms with van der Waals surface area (Å²) in [5, 5.41) is 3.37. The van der Waals surface area contributed by atoms with Crippen molar-refractivity contribution in [2.45, 2.75) is 51.6 Å². The number of ether oxygens (including phenoxy) is 3. The van der Waals surface area contributed by atoms with Crippen LogP contribution in [0.5, 0.6) is 5.75 Å². The van der Waals surface area contributed by atoms with E-state index in [-0.39, 0.29) is 18.0 Å². The number of benzene rings is 3. The van der Waals surface area contributed by atoms with Crippen LogP contribution >= 0.6 is 0 Å². The van der Waals surface area contributed by atoms with E-state index in [1.54, 1.807) is 12.1 Å². The third-order valence-electron chi connectivity index (χ3n) is 5.90. The molecule has 0 fully saturated rings. The lowest BCUT2D eigenvalue weighted by Crippen LogP contribution is -2.51. The highest BCUT2D eigenvalue weighted by Crippen LogP contribution is 2.44. The zero-order chi connectivity index (χ0) is 23.3. The fourth-order valence-corrected chi connectivity index (χ4v) is 4.23. The van der Waals surface area contributed by atoms with Crippen LogP contribution in [0, 0.1) is 5.82 Å². The summed E-state index contributed by atoms with van der Waals surface area (Å²) >= 11 is 0. The van der Waals surface area contributed by atoms with Gasteiger partial charge in [-0.1, -0.05) is 42.5 Å². The van der Waals surface area contributed by atoms with Crippen LogP contribution in [0.1, 0.15) is 43.6 Å². The molecule has 0 saturated heterocycles. The van der Waals surface area contributed by atoms with Crippen LogP contribution in [0.25, 0.3) is 0 Å². The van der Waals surface area contributed by atoms with Crippen molar-refractivity contribution in [3.63, 3.8) is 0 Å². The molecule has 2 atom stereocenters. The van der Waals surface area contributed by atoms with E-state index in [9.17, 15) is 4.39 Å². The van der Waals surface area contributed by atoms with Crippen molar-refractivity contribution in [2.24, 2.45) is 0 Å². The smallest absolute Gasteiger partial charge is 0.132 e. The second kappa shape index (κ2) is 10.4. The first-order valence-electron chi connectivity index (χ1n) is 11.5. The molecule has 1 heterocycles. The van der Waals surface area contributed by atoms with Gasteiger partial charge in [0.25, 0.3) is 0 Å². The van der Waals surface area contributed by atoms with Crippen molar-refractivity contribution in [3.8, 4) is 5.75 Å². The van der Waals surface area contributed by atoms with E-state index in [2.05, 4.69) is 30.4 Å². The maximum absolute atomic E-state index is 13.3. The highest BCUT2D eigenvalue weighted by molar-refractivity contribution is 5.53. The fraction of sp³-hybridized carbons (Fsp3) is 0.357. The lowest BCUT2D eigenvalue weighted by molar-refractivity contribution is -0.167. The van der Waals surface area contributed by atoms with E-state index < -0.39 is 5.60 Å². The number of hydrogen-bond acceptors (Lipinski definition) is 4. The Morgan fingerprint density at radius 1 is 0.939 bits per heavy atom. The average molecular weight is 450 g/mol. The first kappa shape index (κ1) is 23.3. The Balaban J connectivity index is 1.58. The summed E-state index contributed by atoms with van der Waals surface area (Å²) in [6, 6.07) is 22.8. The topological polar surface area (TPSA) is 39.7 Å². The van der Waals surface area contributed by atoms with Crippen molar-refractivity contribution >= 4 is 5.69 Å². The van der Waals surface area contributed by atoms with Crippen molar-refractivity contribution in [1.29, 1.82) is 0 Å². The molecule has 33 heavy (non-hydrogen) atoms. The summed E-state index contributed by atoms with van der Waals surface area (Å²) in [6.07, 6.45) is 0.167. The molecule has 0 amide bonds. The van der Waals surface area contributed by atoms with Gasteiger partial charge >= 0.3 is 0 Å². The Hall–Kier alpha value is -2.89. The van der Waals surface area contributed by atoms with E-state index in [0.717, 1.165) is 35.5 Å². The van der Waals surface area contributed by atoms with Gasteiger partial charge in [-0.3, -0.25) is 0 Å². The Labute approximate surface area is 195 Å². The highest BCUT2D eigenvalue weighted by Gasteiger charge is 2.45. The minimum absolute atomic E-state index is 0.257. The largest absolute Gasteiger partial charge is 0.485 e. The van der Waals surface area contributed by atoms with Gasteiger partial charge in [-0.05, 0) is 68.7 Å². The summed E-state index contributed by atoms with van der Waals surface area (Å²) in [5.41, 5.74) is 3.53. The zero-order valence-electron chi connectivity index (χ0n) is 19.5. The predicted octanol–water partition coefficient (Wildman–Crippen LogP) is 6.31. The van der Waals surface area contributed by atoms with Gasteiger partial charge in [-0.25, -0.2) is 4.39 Å². The molecule has 4 nitrogen and oxygen atoms in total. The van der Waals surface area contributed by atoms with E-state index in [4.69, 9.17) is 14.2 Å². The average Bonchev–Trinajstić information content (AvgIpc) is 2.80. The van der Waals surface area contributed by atoms with Gasteiger partial charge in [0.1, 0.15) is 29.4 Å². The molecule has 1 N–H and O–H groups in total. The first-order chi connectivity index (χ1) is 16.0. The standard InChI is InChI=1S/C28H32FNO3/c1-4-30-23-14-15-25-24(18-23)26(31-17-16-20-8-6-5-7-9-20)27(28(2,3)33-25)32-19-21-10-12-22(29)13-11-21/h5-15,18,26-27,30H,4,16-17,19H2,1-3H3. The minimum Gasteiger partial charge on any atom is -0.485 e. The molecule has 5 heteroatoms. The fourth-order valence-electron chi connectivity index (χ4n) is 4.23. The van der Waals surface area contributed by atoms with Gasteiger partial charge in [-0.2, -0.15) is 0 Å². The quantitative estimate of drug-likeness (QED) is 0.415. The number of fused-ring (bicyclic) bond motifs is 1. The van der Waals surface area contributed by atoms with Crippen LogP contribution < -0.4 is 10.1 Å². The van der Waals surface area contributed by atoms with E-state index in [1.807, 2.05) is 44.2 Å². The summed E-state index contributed by atoms with van der Waals surface area (Å²) in [4.78, 5) is 0. The summed E-state index contributed by atoms with van der Waals surface area (Å²) in [6.45, 7) is 7.86. The molecule has 2 unspecified atom stereocenters.